The summed E-state index contributed by atoms with van der Waals surface area (Å²) >= 11 is 0. The van der Waals surface area contributed by atoms with Crippen LogP contribution in [0.5, 0.6) is 0 Å². The average molecular weight is 262 g/mol. The lowest BCUT2D eigenvalue weighted by Crippen LogP contribution is -2.25. The Bertz CT molecular complexity index is 373. The Kier molecular flexibility index (Phi) is 7.01. The largest absolute Gasteiger partial charge is 0.399 e. The zero-order valence-electron chi connectivity index (χ0n) is 12.2. The van der Waals surface area contributed by atoms with Gasteiger partial charge in [-0.05, 0) is 30.7 Å². The SMILES string of the molecule is CCCCCCCCC(=O)N(C)c1ccc(N)cc1. The van der Waals surface area contributed by atoms with Gasteiger partial charge in [-0.25, -0.2) is 0 Å². The van der Waals surface area contributed by atoms with E-state index in [0.29, 0.717) is 6.42 Å². The number of anilines is 2. The maximum atomic E-state index is 12.0. The number of rotatable bonds is 8. The van der Waals surface area contributed by atoms with Crippen molar-refractivity contribution in [3.8, 4) is 0 Å². The number of hydrogen-bond acceptors (Lipinski definition) is 2. The van der Waals surface area contributed by atoms with Crippen molar-refractivity contribution in [2.45, 2.75) is 51.9 Å². The molecule has 0 fully saturated rings. The third kappa shape index (κ3) is 5.77. The monoisotopic (exact) mass is 262 g/mol. The number of nitrogen functional groups attached to an aromatic ring is 1. The van der Waals surface area contributed by atoms with Gasteiger partial charge in [0.25, 0.3) is 0 Å². The van der Waals surface area contributed by atoms with E-state index in [4.69, 9.17) is 5.73 Å². The fraction of sp³-hybridized carbons (Fsp3) is 0.562. The summed E-state index contributed by atoms with van der Waals surface area (Å²) in [5.41, 5.74) is 7.27. The van der Waals surface area contributed by atoms with Gasteiger partial charge in [-0.3, -0.25) is 4.79 Å². The predicted octanol–water partition coefficient (Wildman–Crippen LogP) is 3.98. The molecule has 19 heavy (non-hydrogen) atoms. The summed E-state index contributed by atoms with van der Waals surface area (Å²) in [4.78, 5) is 13.7. The van der Waals surface area contributed by atoms with Crippen molar-refractivity contribution in [2.24, 2.45) is 0 Å². The lowest BCUT2D eigenvalue weighted by Gasteiger charge is -2.17. The Balaban J connectivity index is 2.27. The molecule has 1 aromatic carbocycles. The van der Waals surface area contributed by atoms with Gasteiger partial charge in [0.15, 0.2) is 0 Å². The molecule has 0 aliphatic heterocycles. The van der Waals surface area contributed by atoms with Crippen LogP contribution in [0.15, 0.2) is 24.3 Å². The van der Waals surface area contributed by atoms with Crippen molar-refractivity contribution < 1.29 is 4.79 Å². The van der Waals surface area contributed by atoms with Crippen molar-refractivity contribution in [1.29, 1.82) is 0 Å². The normalized spacial score (nSPS) is 10.4. The van der Waals surface area contributed by atoms with Crippen molar-refractivity contribution in [3.63, 3.8) is 0 Å². The summed E-state index contributed by atoms with van der Waals surface area (Å²) in [5, 5.41) is 0. The zero-order valence-corrected chi connectivity index (χ0v) is 12.2. The summed E-state index contributed by atoms with van der Waals surface area (Å²) in [6.45, 7) is 2.21. The number of unbranched alkanes of at least 4 members (excludes halogenated alkanes) is 5. The molecule has 106 valence electrons. The second-order valence-electron chi connectivity index (χ2n) is 5.06. The summed E-state index contributed by atoms with van der Waals surface area (Å²) in [6, 6.07) is 7.41. The van der Waals surface area contributed by atoms with Crippen LogP contribution in [0.1, 0.15) is 51.9 Å². The fourth-order valence-electron chi connectivity index (χ4n) is 2.07. The molecule has 3 heteroatoms. The molecule has 0 radical (unpaired) electrons. The number of carbonyl (C=O) groups excluding carboxylic acids is 1. The highest BCUT2D eigenvalue weighted by Crippen LogP contribution is 2.16. The van der Waals surface area contributed by atoms with E-state index in [-0.39, 0.29) is 5.91 Å². The highest BCUT2D eigenvalue weighted by molar-refractivity contribution is 5.92. The van der Waals surface area contributed by atoms with Gasteiger partial charge in [0.1, 0.15) is 0 Å². The molecule has 0 aromatic heterocycles. The van der Waals surface area contributed by atoms with Crippen LogP contribution < -0.4 is 10.6 Å². The first-order valence-corrected chi connectivity index (χ1v) is 7.27. The molecule has 1 rings (SSSR count). The molecular weight excluding hydrogens is 236 g/mol. The summed E-state index contributed by atoms with van der Waals surface area (Å²) in [7, 11) is 1.82. The molecule has 1 aromatic rings. The van der Waals surface area contributed by atoms with Crippen LogP contribution in [0.2, 0.25) is 0 Å². The minimum Gasteiger partial charge on any atom is -0.399 e. The molecule has 0 unspecified atom stereocenters. The summed E-state index contributed by atoms with van der Waals surface area (Å²) < 4.78 is 0. The Morgan fingerprint density at radius 3 is 2.26 bits per heavy atom. The molecule has 0 saturated heterocycles. The zero-order chi connectivity index (χ0) is 14.1. The van der Waals surface area contributed by atoms with Crippen LogP contribution >= 0.6 is 0 Å². The van der Waals surface area contributed by atoms with Gasteiger partial charge in [-0.15, -0.1) is 0 Å². The number of nitrogens with zero attached hydrogens (tertiary/aromatic N) is 1. The highest BCUT2D eigenvalue weighted by Gasteiger charge is 2.09. The van der Waals surface area contributed by atoms with Crippen LogP contribution in [-0.4, -0.2) is 13.0 Å². The van der Waals surface area contributed by atoms with Gasteiger partial charge in [-0.1, -0.05) is 39.0 Å². The summed E-state index contributed by atoms with van der Waals surface area (Å²) in [5.74, 6) is 0.181. The Morgan fingerprint density at radius 1 is 1.05 bits per heavy atom. The van der Waals surface area contributed by atoms with E-state index >= 15 is 0 Å². The van der Waals surface area contributed by atoms with Gasteiger partial charge < -0.3 is 10.6 Å². The van der Waals surface area contributed by atoms with E-state index in [1.54, 1.807) is 4.90 Å². The average Bonchev–Trinajstić information content (AvgIpc) is 2.42. The maximum absolute atomic E-state index is 12.0. The molecule has 0 saturated carbocycles. The maximum Gasteiger partial charge on any atom is 0.226 e. The van der Waals surface area contributed by atoms with E-state index in [1.165, 1.54) is 25.7 Å². The second-order valence-corrected chi connectivity index (χ2v) is 5.06. The highest BCUT2D eigenvalue weighted by atomic mass is 16.2. The van der Waals surface area contributed by atoms with Gasteiger partial charge in [-0.2, -0.15) is 0 Å². The first-order chi connectivity index (χ1) is 9.15. The third-order valence-electron chi connectivity index (χ3n) is 3.40. The fourth-order valence-corrected chi connectivity index (χ4v) is 2.07. The van der Waals surface area contributed by atoms with Gasteiger partial charge in [0, 0.05) is 24.8 Å². The quantitative estimate of drug-likeness (QED) is 0.569. The van der Waals surface area contributed by atoms with Gasteiger partial charge in [0.2, 0.25) is 5.91 Å². The molecule has 1 amide bonds. The van der Waals surface area contributed by atoms with Crippen molar-refractivity contribution >= 4 is 17.3 Å². The van der Waals surface area contributed by atoms with E-state index in [9.17, 15) is 4.79 Å². The Labute approximate surface area is 116 Å². The van der Waals surface area contributed by atoms with Gasteiger partial charge >= 0.3 is 0 Å². The summed E-state index contributed by atoms with van der Waals surface area (Å²) in [6.07, 6.45) is 7.87. The Hall–Kier alpha value is -1.51. The minimum absolute atomic E-state index is 0.181. The van der Waals surface area contributed by atoms with E-state index in [1.807, 2.05) is 31.3 Å². The second kappa shape index (κ2) is 8.57. The molecule has 2 N–H and O–H groups in total. The van der Waals surface area contributed by atoms with Crippen LogP contribution in [0.3, 0.4) is 0 Å². The molecule has 3 nitrogen and oxygen atoms in total. The smallest absolute Gasteiger partial charge is 0.226 e. The first-order valence-electron chi connectivity index (χ1n) is 7.27. The standard InChI is InChI=1S/C16H26N2O/c1-3-4-5-6-7-8-9-16(19)18(2)15-12-10-14(17)11-13-15/h10-13H,3-9,17H2,1-2H3. The number of amides is 1. The molecule has 0 aliphatic rings. The number of nitrogens with two attached hydrogens (primary N) is 1. The lowest BCUT2D eigenvalue weighted by molar-refractivity contribution is -0.118. The third-order valence-corrected chi connectivity index (χ3v) is 3.40. The molecular formula is C16H26N2O. The van der Waals surface area contributed by atoms with Gasteiger partial charge in [0.05, 0.1) is 0 Å². The predicted molar refractivity (Wildman–Crippen MR) is 82.3 cm³/mol. The van der Waals surface area contributed by atoms with Crippen molar-refractivity contribution in [1.82, 2.24) is 0 Å². The Morgan fingerprint density at radius 2 is 1.63 bits per heavy atom. The molecule has 0 bridgehead atoms. The van der Waals surface area contributed by atoms with E-state index < -0.39 is 0 Å². The van der Waals surface area contributed by atoms with E-state index in [2.05, 4.69) is 6.92 Å². The topological polar surface area (TPSA) is 46.3 Å². The number of hydrogen-bond donors (Lipinski definition) is 1. The first kappa shape index (κ1) is 15.5. The van der Waals surface area contributed by atoms with E-state index in [0.717, 1.165) is 24.2 Å². The number of benzene rings is 1. The van der Waals surface area contributed by atoms with Crippen molar-refractivity contribution in [3.05, 3.63) is 24.3 Å². The van der Waals surface area contributed by atoms with Crippen molar-refractivity contribution in [2.75, 3.05) is 17.7 Å². The minimum atomic E-state index is 0.181. The van der Waals surface area contributed by atoms with Crippen LogP contribution in [-0.2, 0) is 4.79 Å². The number of carbonyl (C=O) groups is 1. The van der Waals surface area contributed by atoms with Crippen LogP contribution in [0, 0.1) is 0 Å². The van der Waals surface area contributed by atoms with Crippen LogP contribution in [0.25, 0.3) is 0 Å². The molecule has 0 spiro atoms. The molecule has 0 atom stereocenters. The lowest BCUT2D eigenvalue weighted by atomic mass is 10.1. The molecule has 0 aliphatic carbocycles. The molecule has 0 heterocycles. The van der Waals surface area contributed by atoms with Crippen LogP contribution in [0.4, 0.5) is 11.4 Å².